The molecule has 120 valence electrons. The largest absolute Gasteiger partial charge is 0.493 e. The van der Waals surface area contributed by atoms with Gasteiger partial charge in [-0.25, -0.2) is 0 Å². The third-order valence-corrected chi connectivity index (χ3v) is 4.14. The summed E-state index contributed by atoms with van der Waals surface area (Å²) < 4.78 is 11.1. The summed E-state index contributed by atoms with van der Waals surface area (Å²) in [5.41, 5.74) is 0.859. The van der Waals surface area contributed by atoms with Crippen LogP contribution in [0.5, 0.6) is 11.5 Å². The number of β-amino-alcohol motifs (C(OH)–C–C–N with tert-alkyl or cyclic N) is 1. The quantitative estimate of drug-likeness (QED) is 0.845. The van der Waals surface area contributed by atoms with Gasteiger partial charge >= 0.3 is 0 Å². The summed E-state index contributed by atoms with van der Waals surface area (Å²) in [6.45, 7) is 3.53. The lowest BCUT2D eigenvalue weighted by Crippen LogP contribution is -2.51. The van der Waals surface area contributed by atoms with Gasteiger partial charge in [0.25, 0.3) is 0 Å². The fourth-order valence-corrected chi connectivity index (χ4v) is 2.87. The average Bonchev–Trinajstić information content (AvgIpc) is 2.91. The first-order chi connectivity index (χ1) is 10.7. The molecule has 2 fully saturated rings. The van der Waals surface area contributed by atoms with E-state index in [2.05, 4.69) is 4.90 Å². The van der Waals surface area contributed by atoms with Crippen LogP contribution in [0.2, 0.25) is 0 Å². The number of carbonyl (C=O) groups is 1. The van der Waals surface area contributed by atoms with Gasteiger partial charge in [0.1, 0.15) is 6.61 Å². The van der Waals surface area contributed by atoms with Crippen LogP contribution in [0.25, 0.3) is 0 Å². The second kappa shape index (κ2) is 6.54. The molecule has 3 rings (SSSR count). The van der Waals surface area contributed by atoms with Crippen LogP contribution in [0.4, 0.5) is 5.69 Å². The highest BCUT2D eigenvalue weighted by molar-refractivity contribution is 5.95. The molecular weight excluding hydrogens is 284 g/mol. The molecule has 2 heterocycles. The zero-order valence-electron chi connectivity index (χ0n) is 12.8. The fourth-order valence-electron chi connectivity index (χ4n) is 2.87. The minimum Gasteiger partial charge on any atom is -0.493 e. The topological polar surface area (TPSA) is 62.2 Å². The molecule has 0 saturated carbocycles. The molecule has 0 atom stereocenters. The van der Waals surface area contributed by atoms with Gasteiger partial charge in [-0.2, -0.15) is 0 Å². The Bertz CT molecular complexity index is 543. The van der Waals surface area contributed by atoms with Crippen LogP contribution in [-0.2, 0) is 4.79 Å². The van der Waals surface area contributed by atoms with Gasteiger partial charge in [-0.3, -0.25) is 9.69 Å². The van der Waals surface area contributed by atoms with Crippen molar-refractivity contribution in [3.8, 4) is 11.5 Å². The van der Waals surface area contributed by atoms with Gasteiger partial charge in [-0.05, 0) is 18.6 Å². The number of hydrogen-bond donors (Lipinski definition) is 1. The first kappa shape index (κ1) is 15.1. The number of anilines is 1. The number of aliphatic hydroxyl groups excluding tert-OH is 1. The molecule has 0 unspecified atom stereocenters. The third-order valence-electron chi connectivity index (χ3n) is 4.14. The highest BCUT2D eigenvalue weighted by atomic mass is 16.5. The molecule has 1 amide bonds. The van der Waals surface area contributed by atoms with Crippen molar-refractivity contribution in [1.29, 1.82) is 0 Å². The smallest absolute Gasteiger partial charge is 0.227 e. The zero-order chi connectivity index (χ0) is 15.5. The minimum atomic E-state index is -0.188. The van der Waals surface area contributed by atoms with Crippen molar-refractivity contribution >= 4 is 11.6 Å². The van der Waals surface area contributed by atoms with Crippen LogP contribution >= 0.6 is 0 Å². The summed E-state index contributed by atoms with van der Waals surface area (Å²) >= 11 is 0. The predicted octanol–water partition coefficient (Wildman–Crippen LogP) is 0.877. The number of amides is 1. The van der Waals surface area contributed by atoms with Gasteiger partial charge in [-0.1, -0.05) is 0 Å². The number of ether oxygens (including phenoxy) is 2. The summed E-state index contributed by atoms with van der Waals surface area (Å²) in [5, 5.41) is 9.24. The number of likely N-dealkylation sites (tertiary alicyclic amines) is 1. The third kappa shape index (κ3) is 3.18. The lowest BCUT2D eigenvalue weighted by molar-refractivity contribution is -0.117. The Morgan fingerprint density at radius 1 is 1.32 bits per heavy atom. The number of benzene rings is 1. The Balaban J connectivity index is 1.60. The van der Waals surface area contributed by atoms with Crippen molar-refractivity contribution < 1.29 is 19.4 Å². The monoisotopic (exact) mass is 306 g/mol. The molecule has 2 aliphatic heterocycles. The van der Waals surface area contributed by atoms with Gasteiger partial charge in [0.15, 0.2) is 11.5 Å². The number of carbonyl (C=O) groups excluding carboxylic acids is 1. The number of nitrogens with zero attached hydrogens (tertiary/aromatic N) is 2. The van der Waals surface area contributed by atoms with Gasteiger partial charge in [0.2, 0.25) is 5.91 Å². The second-order valence-electron chi connectivity index (χ2n) is 5.75. The molecule has 6 nitrogen and oxygen atoms in total. The maximum absolute atomic E-state index is 11.8. The average molecular weight is 306 g/mol. The normalized spacial score (nSPS) is 19.4. The summed E-state index contributed by atoms with van der Waals surface area (Å²) in [4.78, 5) is 15.7. The standard InChI is InChI=1S/C16H22N2O4/c1-21-15-9-12(18-6-2-3-16(18)20)4-5-14(15)22-8-7-17-10-13(19)11-17/h4-5,9,13,19H,2-3,6-8,10-11H2,1H3. The Morgan fingerprint density at radius 3 is 2.77 bits per heavy atom. The van der Waals surface area contributed by atoms with E-state index in [9.17, 15) is 9.90 Å². The predicted molar refractivity (Wildman–Crippen MR) is 82.5 cm³/mol. The molecule has 22 heavy (non-hydrogen) atoms. The van der Waals surface area contributed by atoms with Crippen LogP contribution in [0.15, 0.2) is 18.2 Å². The molecule has 2 aliphatic rings. The maximum Gasteiger partial charge on any atom is 0.227 e. The number of hydrogen-bond acceptors (Lipinski definition) is 5. The molecular formula is C16H22N2O4. The summed E-state index contributed by atoms with van der Waals surface area (Å²) in [6.07, 6.45) is 1.33. The molecule has 6 heteroatoms. The zero-order valence-corrected chi connectivity index (χ0v) is 12.8. The molecule has 0 bridgehead atoms. The Hall–Kier alpha value is -1.79. The molecule has 1 aromatic rings. The van der Waals surface area contributed by atoms with E-state index in [1.807, 2.05) is 18.2 Å². The van der Waals surface area contributed by atoms with E-state index in [4.69, 9.17) is 9.47 Å². The Morgan fingerprint density at radius 2 is 2.14 bits per heavy atom. The highest BCUT2D eigenvalue weighted by Crippen LogP contribution is 2.33. The van der Waals surface area contributed by atoms with Crippen molar-refractivity contribution in [3.05, 3.63) is 18.2 Å². The van der Waals surface area contributed by atoms with Crippen molar-refractivity contribution in [3.63, 3.8) is 0 Å². The van der Waals surface area contributed by atoms with Gasteiger partial charge in [-0.15, -0.1) is 0 Å². The van der Waals surface area contributed by atoms with Crippen LogP contribution in [0, 0.1) is 0 Å². The van der Waals surface area contributed by atoms with E-state index < -0.39 is 0 Å². The number of methoxy groups -OCH3 is 1. The van der Waals surface area contributed by atoms with Crippen molar-refractivity contribution in [2.45, 2.75) is 18.9 Å². The van der Waals surface area contributed by atoms with Crippen molar-refractivity contribution in [2.24, 2.45) is 0 Å². The molecule has 0 spiro atoms. The van der Waals surface area contributed by atoms with Crippen LogP contribution in [-0.4, -0.2) is 61.9 Å². The van der Waals surface area contributed by atoms with Crippen molar-refractivity contribution in [1.82, 2.24) is 4.90 Å². The van der Waals surface area contributed by atoms with E-state index in [-0.39, 0.29) is 12.0 Å². The molecule has 1 N–H and O–H groups in total. The Kier molecular flexibility index (Phi) is 4.49. The minimum absolute atomic E-state index is 0.159. The fraction of sp³-hybridized carbons (Fsp3) is 0.562. The van der Waals surface area contributed by atoms with E-state index >= 15 is 0 Å². The first-order valence-electron chi connectivity index (χ1n) is 7.69. The lowest BCUT2D eigenvalue weighted by atomic mass is 10.2. The lowest BCUT2D eigenvalue weighted by Gasteiger charge is -2.35. The summed E-state index contributed by atoms with van der Waals surface area (Å²) in [6, 6.07) is 5.60. The van der Waals surface area contributed by atoms with E-state index in [0.717, 1.165) is 38.3 Å². The molecule has 0 aliphatic carbocycles. The number of aliphatic hydroxyl groups is 1. The molecule has 0 radical (unpaired) electrons. The Labute approximate surface area is 130 Å². The van der Waals surface area contributed by atoms with E-state index in [1.165, 1.54) is 0 Å². The van der Waals surface area contributed by atoms with E-state index in [0.29, 0.717) is 24.5 Å². The van der Waals surface area contributed by atoms with Crippen LogP contribution in [0.3, 0.4) is 0 Å². The SMILES string of the molecule is COc1cc(N2CCCC2=O)ccc1OCCN1CC(O)C1. The van der Waals surface area contributed by atoms with Gasteiger partial charge < -0.3 is 19.5 Å². The van der Waals surface area contributed by atoms with E-state index in [1.54, 1.807) is 12.0 Å². The first-order valence-corrected chi connectivity index (χ1v) is 7.69. The van der Waals surface area contributed by atoms with Gasteiger partial charge in [0, 0.05) is 44.4 Å². The highest BCUT2D eigenvalue weighted by Gasteiger charge is 2.24. The maximum atomic E-state index is 11.8. The summed E-state index contributed by atoms with van der Waals surface area (Å²) in [7, 11) is 1.60. The number of rotatable bonds is 6. The van der Waals surface area contributed by atoms with Crippen LogP contribution < -0.4 is 14.4 Å². The summed E-state index contributed by atoms with van der Waals surface area (Å²) in [5.74, 6) is 1.48. The second-order valence-corrected chi connectivity index (χ2v) is 5.75. The molecule has 1 aromatic carbocycles. The van der Waals surface area contributed by atoms with Gasteiger partial charge in [0.05, 0.1) is 13.2 Å². The van der Waals surface area contributed by atoms with Crippen molar-refractivity contribution in [2.75, 3.05) is 44.8 Å². The molecule has 2 saturated heterocycles. The van der Waals surface area contributed by atoms with Crippen LogP contribution in [0.1, 0.15) is 12.8 Å². The molecule has 0 aromatic heterocycles.